The first-order valence-corrected chi connectivity index (χ1v) is 4.30. The van der Waals surface area contributed by atoms with E-state index in [4.69, 9.17) is 9.84 Å². The van der Waals surface area contributed by atoms with E-state index >= 15 is 0 Å². The quantitative estimate of drug-likeness (QED) is 0.402. The predicted octanol–water partition coefficient (Wildman–Crippen LogP) is -2.38. The van der Waals surface area contributed by atoms with Gasteiger partial charge in [0.25, 0.3) is 0 Å². The van der Waals surface area contributed by atoms with E-state index in [1.54, 1.807) is 0 Å². The van der Waals surface area contributed by atoms with Crippen LogP contribution in [0.5, 0.6) is 0 Å². The molecule has 0 bridgehead atoms. The van der Waals surface area contributed by atoms with Crippen LogP contribution in [0, 0.1) is 5.92 Å². The molecule has 1 heterocycles. The zero-order chi connectivity index (χ0) is 10.9. The van der Waals surface area contributed by atoms with Crippen molar-refractivity contribution in [3.05, 3.63) is 0 Å². The Bertz CT molecular complexity index is 218. The van der Waals surface area contributed by atoms with Gasteiger partial charge in [0.05, 0.1) is 18.6 Å². The molecule has 6 heteroatoms. The highest BCUT2D eigenvalue weighted by Gasteiger charge is 2.45. The van der Waals surface area contributed by atoms with Crippen LogP contribution in [0.15, 0.2) is 0 Å². The number of carbonyl (C=O) groups excluding carboxylic acids is 1. The average Bonchev–Trinajstić information content (AvgIpc) is 2.10. The van der Waals surface area contributed by atoms with Crippen molar-refractivity contribution in [1.29, 1.82) is 0 Å². The number of rotatable bonds is 2. The average molecular weight is 206 g/mol. The van der Waals surface area contributed by atoms with Gasteiger partial charge >= 0.3 is 0 Å². The molecule has 14 heavy (non-hydrogen) atoms. The van der Waals surface area contributed by atoms with Gasteiger partial charge in [0.1, 0.15) is 18.0 Å². The third-order valence-electron chi connectivity index (χ3n) is 2.37. The molecule has 82 valence electrons. The lowest BCUT2D eigenvalue weighted by molar-refractivity contribution is -0.263. The van der Waals surface area contributed by atoms with Crippen molar-refractivity contribution in [3.63, 3.8) is 0 Å². The lowest BCUT2D eigenvalue weighted by Gasteiger charge is -2.38. The van der Waals surface area contributed by atoms with Crippen molar-refractivity contribution in [3.8, 4) is 0 Å². The summed E-state index contributed by atoms with van der Waals surface area (Å²) in [4.78, 5) is 11.0. The molecule has 1 aliphatic rings. The fourth-order valence-electron chi connectivity index (χ4n) is 1.54. The number of carbonyl (C=O) groups is 1. The summed E-state index contributed by atoms with van der Waals surface area (Å²) in [5, 5.41) is 36.9. The molecule has 0 aromatic carbocycles. The predicted molar refractivity (Wildman–Crippen MR) is 44.2 cm³/mol. The first-order chi connectivity index (χ1) is 6.49. The van der Waals surface area contributed by atoms with Crippen LogP contribution in [0.1, 0.15) is 6.92 Å². The Hall–Kier alpha value is -0.530. The minimum absolute atomic E-state index is 0.472. The van der Waals surface area contributed by atoms with Crippen molar-refractivity contribution in [2.75, 3.05) is 6.61 Å². The third-order valence-corrected chi connectivity index (χ3v) is 2.37. The van der Waals surface area contributed by atoms with E-state index < -0.39 is 42.9 Å². The van der Waals surface area contributed by atoms with Gasteiger partial charge in [-0.1, -0.05) is 0 Å². The van der Waals surface area contributed by atoms with Crippen LogP contribution in [-0.4, -0.2) is 57.4 Å². The molecular formula is C8H14O6. The molecule has 0 radical (unpaired) electrons. The number of ether oxygens (including phenoxy) is 1. The third kappa shape index (κ3) is 1.94. The zero-order valence-corrected chi connectivity index (χ0v) is 7.70. The molecule has 1 saturated heterocycles. The summed E-state index contributed by atoms with van der Waals surface area (Å²) in [6, 6.07) is 0. The molecule has 0 saturated carbocycles. The summed E-state index contributed by atoms with van der Waals surface area (Å²) in [5.41, 5.74) is 0. The van der Waals surface area contributed by atoms with Gasteiger partial charge in [0.15, 0.2) is 6.29 Å². The summed E-state index contributed by atoms with van der Waals surface area (Å²) in [5.74, 6) is -1.63. The maximum absolute atomic E-state index is 11.0. The number of aliphatic hydroxyl groups is 4. The molecule has 0 spiro atoms. The Morgan fingerprint density at radius 1 is 1.29 bits per heavy atom. The molecule has 0 unspecified atom stereocenters. The van der Waals surface area contributed by atoms with Gasteiger partial charge in [-0.15, -0.1) is 0 Å². The smallest absolute Gasteiger partial charge is 0.167 e. The fourth-order valence-corrected chi connectivity index (χ4v) is 1.54. The van der Waals surface area contributed by atoms with Crippen LogP contribution in [0.2, 0.25) is 0 Å². The summed E-state index contributed by atoms with van der Waals surface area (Å²) in [6.45, 7) is 0.659. The van der Waals surface area contributed by atoms with Crippen LogP contribution in [0.25, 0.3) is 0 Å². The monoisotopic (exact) mass is 206 g/mol. The molecular weight excluding hydrogens is 192 g/mol. The summed E-state index contributed by atoms with van der Waals surface area (Å²) < 4.78 is 4.77. The van der Waals surface area contributed by atoms with E-state index in [9.17, 15) is 20.1 Å². The zero-order valence-electron chi connectivity index (χ0n) is 7.70. The summed E-state index contributed by atoms with van der Waals surface area (Å²) in [6.07, 6.45) is -5.32. The first kappa shape index (κ1) is 11.5. The molecule has 1 rings (SSSR count). The maximum Gasteiger partial charge on any atom is 0.167 e. The van der Waals surface area contributed by atoms with E-state index in [1.807, 2.05) is 0 Å². The standard InChI is InChI=1S/C8H14O6/c1-3(10)5-7(12)6(11)4(2-9)14-8(5)13/h4-9,11-13H,2H2,1H3/t4-,5+,6+,7-,8+/m1/s1. The fraction of sp³-hybridized carbons (Fsp3) is 0.875. The van der Waals surface area contributed by atoms with Gasteiger partial charge in [0, 0.05) is 0 Å². The number of aliphatic hydroxyl groups excluding tert-OH is 4. The molecule has 6 nitrogen and oxygen atoms in total. The van der Waals surface area contributed by atoms with Gasteiger partial charge in [-0.2, -0.15) is 0 Å². The maximum atomic E-state index is 11.0. The van der Waals surface area contributed by atoms with Crippen LogP contribution in [-0.2, 0) is 9.53 Å². The van der Waals surface area contributed by atoms with E-state index in [2.05, 4.69) is 0 Å². The molecule has 0 aromatic rings. The number of ketones is 1. The molecule has 0 aliphatic carbocycles. The second-order valence-electron chi connectivity index (χ2n) is 3.37. The normalized spacial score (nSPS) is 43.6. The largest absolute Gasteiger partial charge is 0.394 e. The SMILES string of the molecule is CC(=O)[C@H]1[C@@H](O)[C@@H](O)[C@@H](CO)O[C@@H]1O. The van der Waals surface area contributed by atoms with E-state index in [1.165, 1.54) is 6.92 Å². The summed E-state index contributed by atoms with van der Waals surface area (Å²) in [7, 11) is 0. The van der Waals surface area contributed by atoms with Crippen LogP contribution in [0.3, 0.4) is 0 Å². The summed E-state index contributed by atoms with van der Waals surface area (Å²) >= 11 is 0. The Morgan fingerprint density at radius 3 is 2.29 bits per heavy atom. The van der Waals surface area contributed by atoms with E-state index in [0.29, 0.717) is 0 Å². The molecule has 5 atom stereocenters. The Morgan fingerprint density at radius 2 is 1.86 bits per heavy atom. The lowest BCUT2D eigenvalue weighted by atomic mass is 9.88. The van der Waals surface area contributed by atoms with E-state index in [0.717, 1.165) is 0 Å². The van der Waals surface area contributed by atoms with Gasteiger partial charge in [0.2, 0.25) is 0 Å². The van der Waals surface area contributed by atoms with Gasteiger partial charge in [-0.3, -0.25) is 4.79 Å². The Kier molecular flexibility index (Phi) is 3.57. The van der Waals surface area contributed by atoms with Crippen LogP contribution < -0.4 is 0 Å². The van der Waals surface area contributed by atoms with Gasteiger partial charge in [-0.25, -0.2) is 0 Å². The Labute approximate surface area is 80.7 Å². The Balaban J connectivity index is 2.79. The molecule has 1 aliphatic heterocycles. The minimum atomic E-state index is -1.48. The highest BCUT2D eigenvalue weighted by Crippen LogP contribution is 2.25. The topological polar surface area (TPSA) is 107 Å². The van der Waals surface area contributed by atoms with Crippen molar-refractivity contribution >= 4 is 5.78 Å². The second-order valence-corrected chi connectivity index (χ2v) is 3.37. The molecule has 1 fully saturated rings. The van der Waals surface area contributed by atoms with Gasteiger partial charge in [-0.05, 0) is 6.92 Å². The van der Waals surface area contributed by atoms with Crippen molar-refractivity contribution in [2.45, 2.75) is 31.5 Å². The number of Topliss-reactive ketones (excluding diaryl/α,β-unsaturated/α-hetero) is 1. The molecule has 4 N–H and O–H groups in total. The van der Waals surface area contributed by atoms with Crippen molar-refractivity contribution < 1.29 is 30.0 Å². The highest BCUT2D eigenvalue weighted by molar-refractivity contribution is 5.79. The number of hydrogen-bond acceptors (Lipinski definition) is 6. The van der Waals surface area contributed by atoms with Crippen molar-refractivity contribution in [1.82, 2.24) is 0 Å². The minimum Gasteiger partial charge on any atom is -0.394 e. The lowest BCUT2D eigenvalue weighted by Crippen LogP contribution is -2.57. The highest BCUT2D eigenvalue weighted by atomic mass is 16.6. The van der Waals surface area contributed by atoms with Gasteiger partial charge < -0.3 is 25.2 Å². The van der Waals surface area contributed by atoms with Crippen LogP contribution >= 0.6 is 0 Å². The number of hydrogen-bond donors (Lipinski definition) is 4. The second kappa shape index (κ2) is 4.33. The van der Waals surface area contributed by atoms with E-state index in [-0.39, 0.29) is 0 Å². The van der Waals surface area contributed by atoms with Crippen molar-refractivity contribution in [2.24, 2.45) is 5.92 Å². The van der Waals surface area contributed by atoms with Crippen LogP contribution in [0.4, 0.5) is 0 Å². The molecule has 0 aromatic heterocycles. The molecule has 0 amide bonds. The first-order valence-electron chi connectivity index (χ1n) is 4.30.